The van der Waals surface area contributed by atoms with Crippen molar-refractivity contribution in [2.24, 2.45) is 11.8 Å². The van der Waals surface area contributed by atoms with E-state index < -0.39 is 11.8 Å². The molecule has 6 nitrogen and oxygen atoms in total. The Kier molecular flexibility index (Phi) is 6.61. The van der Waals surface area contributed by atoms with Crippen LogP contribution in [0, 0.1) is 17.7 Å². The summed E-state index contributed by atoms with van der Waals surface area (Å²) < 4.78 is 29.4. The minimum absolute atomic E-state index is 0.0594. The SMILES string of the molecule is CCCCOC(=O)C1CC(COc2cc(C(=O)O)c(OC)cc2F)C1. The first kappa shape index (κ1) is 19.0. The number of rotatable bonds is 9. The molecule has 1 aromatic rings. The summed E-state index contributed by atoms with van der Waals surface area (Å²) in [6.07, 6.45) is 3.09. The zero-order chi connectivity index (χ0) is 18.4. The van der Waals surface area contributed by atoms with Gasteiger partial charge in [-0.2, -0.15) is 0 Å². The molecule has 0 aromatic heterocycles. The molecule has 1 aromatic carbocycles. The Hall–Kier alpha value is -2.31. The minimum Gasteiger partial charge on any atom is -0.496 e. The molecular weight excluding hydrogens is 331 g/mol. The lowest BCUT2D eigenvalue weighted by molar-refractivity contribution is -0.153. The predicted octanol–water partition coefficient (Wildman–Crippen LogP) is 3.28. The third kappa shape index (κ3) is 4.84. The van der Waals surface area contributed by atoms with Gasteiger partial charge in [-0.15, -0.1) is 0 Å². The van der Waals surface area contributed by atoms with E-state index in [0.717, 1.165) is 25.0 Å². The minimum atomic E-state index is -1.22. The molecule has 0 bridgehead atoms. The number of carboxylic acids is 1. The van der Waals surface area contributed by atoms with E-state index in [9.17, 15) is 14.0 Å². The summed E-state index contributed by atoms with van der Waals surface area (Å²) >= 11 is 0. The number of carbonyl (C=O) groups is 2. The molecule has 0 aliphatic heterocycles. The number of unbranched alkanes of at least 4 members (excludes halogenated alkanes) is 1. The first-order chi connectivity index (χ1) is 12.0. The molecule has 0 amide bonds. The molecule has 2 rings (SSSR count). The van der Waals surface area contributed by atoms with Crippen molar-refractivity contribution in [1.29, 1.82) is 0 Å². The molecule has 0 heterocycles. The summed E-state index contributed by atoms with van der Waals surface area (Å²) in [4.78, 5) is 22.9. The monoisotopic (exact) mass is 354 g/mol. The van der Waals surface area contributed by atoms with Crippen molar-refractivity contribution in [3.05, 3.63) is 23.5 Å². The van der Waals surface area contributed by atoms with Gasteiger partial charge < -0.3 is 19.3 Å². The van der Waals surface area contributed by atoms with Gasteiger partial charge in [0.25, 0.3) is 0 Å². The molecule has 7 heteroatoms. The summed E-state index contributed by atoms with van der Waals surface area (Å²) in [5.41, 5.74) is -0.162. The fourth-order valence-corrected chi connectivity index (χ4v) is 2.69. The molecule has 0 saturated heterocycles. The van der Waals surface area contributed by atoms with Crippen molar-refractivity contribution in [2.45, 2.75) is 32.6 Å². The molecule has 0 atom stereocenters. The van der Waals surface area contributed by atoms with Crippen LogP contribution in [0.4, 0.5) is 4.39 Å². The van der Waals surface area contributed by atoms with E-state index in [2.05, 4.69) is 0 Å². The van der Waals surface area contributed by atoms with Crippen LogP contribution < -0.4 is 9.47 Å². The number of carboxylic acid groups (broad SMARTS) is 1. The topological polar surface area (TPSA) is 82.1 Å². The molecule has 0 unspecified atom stereocenters. The third-order valence-electron chi connectivity index (χ3n) is 4.27. The van der Waals surface area contributed by atoms with Crippen molar-refractivity contribution in [3.63, 3.8) is 0 Å². The van der Waals surface area contributed by atoms with E-state index in [4.69, 9.17) is 19.3 Å². The predicted molar refractivity (Wildman–Crippen MR) is 87.5 cm³/mol. The second kappa shape index (κ2) is 8.69. The molecular formula is C18H23FO6. The Bertz CT molecular complexity index is 624. The summed E-state index contributed by atoms with van der Waals surface area (Å²) in [7, 11) is 1.27. The number of hydrogen-bond acceptors (Lipinski definition) is 5. The molecule has 25 heavy (non-hydrogen) atoms. The highest BCUT2D eigenvalue weighted by atomic mass is 19.1. The van der Waals surface area contributed by atoms with Crippen molar-refractivity contribution >= 4 is 11.9 Å². The third-order valence-corrected chi connectivity index (χ3v) is 4.27. The summed E-state index contributed by atoms with van der Waals surface area (Å²) in [5.74, 6) is -2.28. The average molecular weight is 354 g/mol. The van der Waals surface area contributed by atoms with E-state index in [1.54, 1.807) is 0 Å². The highest BCUT2D eigenvalue weighted by Crippen LogP contribution is 2.36. The average Bonchev–Trinajstić information content (AvgIpc) is 2.54. The Morgan fingerprint density at radius 2 is 2.00 bits per heavy atom. The Morgan fingerprint density at radius 3 is 2.60 bits per heavy atom. The van der Waals surface area contributed by atoms with E-state index in [1.807, 2.05) is 6.92 Å². The maximum atomic E-state index is 14.0. The maximum Gasteiger partial charge on any atom is 0.339 e. The smallest absolute Gasteiger partial charge is 0.339 e. The number of hydrogen-bond donors (Lipinski definition) is 1. The summed E-state index contributed by atoms with van der Waals surface area (Å²) in [6, 6.07) is 2.11. The number of esters is 1. The van der Waals surface area contributed by atoms with Gasteiger partial charge >= 0.3 is 11.9 Å². The molecule has 1 saturated carbocycles. The van der Waals surface area contributed by atoms with Gasteiger partial charge in [-0.25, -0.2) is 9.18 Å². The zero-order valence-corrected chi connectivity index (χ0v) is 14.4. The van der Waals surface area contributed by atoms with E-state index in [1.165, 1.54) is 7.11 Å². The Balaban J connectivity index is 1.84. The quantitative estimate of drug-likeness (QED) is 0.541. The molecule has 1 aliphatic carbocycles. The van der Waals surface area contributed by atoms with Gasteiger partial charge in [-0.1, -0.05) is 13.3 Å². The fourth-order valence-electron chi connectivity index (χ4n) is 2.69. The highest BCUT2D eigenvalue weighted by molar-refractivity contribution is 5.91. The van der Waals surface area contributed by atoms with Crippen molar-refractivity contribution in [3.8, 4) is 11.5 Å². The molecule has 0 radical (unpaired) electrons. The van der Waals surface area contributed by atoms with Crippen LogP contribution in [0.2, 0.25) is 0 Å². The van der Waals surface area contributed by atoms with Crippen LogP contribution >= 0.6 is 0 Å². The first-order valence-electron chi connectivity index (χ1n) is 8.36. The van der Waals surface area contributed by atoms with Crippen molar-refractivity contribution < 1.29 is 33.3 Å². The van der Waals surface area contributed by atoms with Crippen LogP contribution in [0.5, 0.6) is 11.5 Å². The van der Waals surface area contributed by atoms with Gasteiger partial charge in [0.15, 0.2) is 11.6 Å². The lowest BCUT2D eigenvalue weighted by atomic mass is 9.75. The van der Waals surface area contributed by atoms with Crippen molar-refractivity contribution in [1.82, 2.24) is 0 Å². The van der Waals surface area contributed by atoms with Crippen LogP contribution in [-0.2, 0) is 9.53 Å². The second-order valence-corrected chi connectivity index (χ2v) is 6.15. The molecule has 1 fully saturated rings. The first-order valence-corrected chi connectivity index (χ1v) is 8.36. The number of methoxy groups -OCH3 is 1. The standard InChI is InChI=1S/C18H23FO6/c1-3-4-5-24-18(22)12-6-11(7-12)10-25-16-8-13(17(20)21)15(23-2)9-14(16)19/h8-9,11-12H,3-7,10H2,1-2H3,(H,20,21). The largest absolute Gasteiger partial charge is 0.496 e. The second-order valence-electron chi connectivity index (χ2n) is 6.15. The number of carbonyl (C=O) groups excluding carboxylic acids is 1. The molecule has 0 spiro atoms. The summed E-state index contributed by atoms with van der Waals surface area (Å²) in [5, 5.41) is 9.12. The lowest BCUT2D eigenvalue weighted by Crippen LogP contribution is -2.35. The highest BCUT2D eigenvalue weighted by Gasteiger charge is 2.36. The maximum absolute atomic E-state index is 14.0. The van der Waals surface area contributed by atoms with Crippen LogP contribution in [0.1, 0.15) is 43.0 Å². The number of ether oxygens (including phenoxy) is 3. The van der Waals surface area contributed by atoms with Gasteiger partial charge in [0, 0.05) is 12.1 Å². The van der Waals surface area contributed by atoms with Crippen LogP contribution in [0.25, 0.3) is 0 Å². The van der Waals surface area contributed by atoms with Crippen LogP contribution in [0.3, 0.4) is 0 Å². The van der Waals surface area contributed by atoms with Crippen LogP contribution in [0.15, 0.2) is 12.1 Å². The Labute approximate surface area is 145 Å². The zero-order valence-electron chi connectivity index (χ0n) is 14.4. The van der Waals surface area contributed by atoms with Gasteiger partial charge in [0.2, 0.25) is 0 Å². The lowest BCUT2D eigenvalue weighted by Gasteiger charge is -2.33. The van der Waals surface area contributed by atoms with Gasteiger partial charge in [0.05, 0.1) is 26.2 Å². The summed E-state index contributed by atoms with van der Waals surface area (Å²) in [6.45, 7) is 2.70. The number of aromatic carboxylic acids is 1. The van der Waals surface area contributed by atoms with Crippen LogP contribution in [-0.4, -0.2) is 37.4 Å². The molecule has 1 aliphatic rings. The molecule has 1 N–H and O–H groups in total. The number of halogens is 1. The van der Waals surface area contributed by atoms with E-state index >= 15 is 0 Å². The van der Waals surface area contributed by atoms with Crippen molar-refractivity contribution in [2.75, 3.05) is 20.3 Å². The fraction of sp³-hybridized carbons (Fsp3) is 0.556. The number of benzene rings is 1. The van der Waals surface area contributed by atoms with Gasteiger partial charge in [-0.05, 0) is 25.2 Å². The van der Waals surface area contributed by atoms with Gasteiger partial charge in [-0.3, -0.25) is 4.79 Å². The van der Waals surface area contributed by atoms with E-state index in [-0.39, 0.29) is 41.5 Å². The molecule has 138 valence electrons. The Morgan fingerprint density at radius 1 is 1.28 bits per heavy atom. The normalized spacial score (nSPS) is 19.0. The van der Waals surface area contributed by atoms with E-state index in [0.29, 0.717) is 19.4 Å². The van der Waals surface area contributed by atoms with Gasteiger partial charge in [0.1, 0.15) is 11.3 Å².